The summed E-state index contributed by atoms with van der Waals surface area (Å²) in [6.45, 7) is 9.67. The third kappa shape index (κ3) is 3.58. The second kappa shape index (κ2) is 4.62. The van der Waals surface area contributed by atoms with E-state index in [-0.39, 0.29) is 5.54 Å². The van der Waals surface area contributed by atoms with Gasteiger partial charge in [0.1, 0.15) is 0 Å². The van der Waals surface area contributed by atoms with E-state index in [2.05, 4.69) is 73.8 Å². The molecule has 0 saturated heterocycles. The van der Waals surface area contributed by atoms with Crippen molar-refractivity contribution in [1.82, 2.24) is 5.32 Å². The lowest BCUT2D eigenvalue weighted by atomic mass is 10.1. The molecule has 1 nitrogen and oxygen atoms in total. The van der Waals surface area contributed by atoms with E-state index < -0.39 is 0 Å². The van der Waals surface area contributed by atoms with Gasteiger partial charge in [0.15, 0.2) is 0 Å². The maximum atomic E-state index is 3.50. The normalized spacial score (nSPS) is 11.8. The van der Waals surface area contributed by atoms with Gasteiger partial charge in [-0.2, -0.15) is 0 Å². The summed E-state index contributed by atoms with van der Waals surface area (Å²) in [6.07, 6.45) is 0. The minimum atomic E-state index is 0.187. The molecule has 0 bridgehead atoms. The molecule has 1 aromatic rings. The van der Waals surface area contributed by atoms with Gasteiger partial charge in [0.25, 0.3) is 0 Å². The number of rotatable bonds is 2. The molecular weight excluding hydrogens is 285 g/mol. The number of halogens is 1. The smallest absolute Gasteiger partial charge is 0.0220 e. The van der Waals surface area contributed by atoms with Crippen LogP contribution in [0.1, 0.15) is 31.9 Å². The van der Waals surface area contributed by atoms with Crippen molar-refractivity contribution in [3.8, 4) is 0 Å². The molecule has 0 unspecified atom stereocenters. The molecule has 0 heterocycles. The van der Waals surface area contributed by atoms with Crippen LogP contribution in [-0.4, -0.2) is 5.54 Å². The zero-order chi connectivity index (χ0) is 10.8. The Labute approximate surface area is 100 Å². The van der Waals surface area contributed by atoms with Gasteiger partial charge in [-0.25, -0.2) is 0 Å². The fraction of sp³-hybridized carbons (Fsp3) is 0.500. The van der Waals surface area contributed by atoms with Crippen LogP contribution in [0, 0.1) is 10.5 Å². The van der Waals surface area contributed by atoms with Crippen molar-refractivity contribution in [2.75, 3.05) is 0 Å². The first-order chi connectivity index (χ1) is 6.40. The highest BCUT2D eigenvalue weighted by Crippen LogP contribution is 2.17. The minimum Gasteiger partial charge on any atom is -0.308 e. The number of nitrogens with one attached hydrogen (secondary N) is 1. The summed E-state index contributed by atoms with van der Waals surface area (Å²) in [5, 5.41) is 3.50. The van der Waals surface area contributed by atoms with Crippen molar-refractivity contribution in [1.29, 1.82) is 0 Å². The van der Waals surface area contributed by atoms with E-state index in [1.807, 2.05) is 0 Å². The third-order valence-electron chi connectivity index (χ3n) is 2.08. The van der Waals surface area contributed by atoms with Crippen LogP contribution in [0.5, 0.6) is 0 Å². The molecule has 0 fully saturated rings. The summed E-state index contributed by atoms with van der Waals surface area (Å²) in [5.41, 5.74) is 2.94. The summed E-state index contributed by atoms with van der Waals surface area (Å²) < 4.78 is 1.38. The van der Waals surface area contributed by atoms with E-state index in [0.717, 1.165) is 6.54 Å². The summed E-state index contributed by atoms with van der Waals surface area (Å²) in [5.74, 6) is 0. The van der Waals surface area contributed by atoms with Crippen LogP contribution in [0.4, 0.5) is 0 Å². The van der Waals surface area contributed by atoms with E-state index in [1.165, 1.54) is 14.7 Å². The SMILES string of the molecule is Cc1cccc(CNC(C)(C)C)c1I. The lowest BCUT2D eigenvalue weighted by Crippen LogP contribution is -2.35. The third-order valence-corrected chi connectivity index (χ3v) is 3.62. The van der Waals surface area contributed by atoms with Crippen LogP contribution in [-0.2, 0) is 6.54 Å². The first-order valence-corrected chi connectivity index (χ1v) is 5.97. The van der Waals surface area contributed by atoms with Crippen molar-refractivity contribution >= 4 is 22.6 Å². The topological polar surface area (TPSA) is 12.0 Å². The Balaban J connectivity index is 2.73. The molecule has 1 aromatic carbocycles. The molecule has 0 spiro atoms. The van der Waals surface area contributed by atoms with E-state index in [1.54, 1.807) is 0 Å². The molecule has 0 amide bonds. The molecule has 14 heavy (non-hydrogen) atoms. The van der Waals surface area contributed by atoms with Crippen LogP contribution in [0.2, 0.25) is 0 Å². The van der Waals surface area contributed by atoms with Crippen molar-refractivity contribution in [3.05, 3.63) is 32.9 Å². The maximum absolute atomic E-state index is 3.50. The number of aryl methyl sites for hydroxylation is 1. The van der Waals surface area contributed by atoms with Gasteiger partial charge in [0.2, 0.25) is 0 Å². The molecule has 0 radical (unpaired) electrons. The Hall–Kier alpha value is -0.0900. The Morgan fingerprint density at radius 3 is 2.50 bits per heavy atom. The number of benzene rings is 1. The molecule has 2 heteroatoms. The summed E-state index contributed by atoms with van der Waals surface area (Å²) in [7, 11) is 0. The zero-order valence-corrected chi connectivity index (χ0v) is 11.5. The van der Waals surface area contributed by atoms with E-state index >= 15 is 0 Å². The summed E-state index contributed by atoms with van der Waals surface area (Å²) >= 11 is 2.42. The van der Waals surface area contributed by atoms with E-state index in [0.29, 0.717) is 0 Å². The van der Waals surface area contributed by atoms with Gasteiger partial charge in [-0.1, -0.05) is 18.2 Å². The second-order valence-electron chi connectivity index (χ2n) is 4.65. The largest absolute Gasteiger partial charge is 0.308 e. The summed E-state index contributed by atoms with van der Waals surface area (Å²) in [4.78, 5) is 0. The standard InChI is InChI=1S/C12H18IN/c1-9-6-5-7-10(11(9)13)8-14-12(2,3)4/h5-7,14H,8H2,1-4H3. The number of hydrogen-bond acceptors (Lipinski definition) is 1. The fourth-order valence-corrected chi connectivity index (χ4v) is 1.76. The Morgan fingerprint density at radius 1 is 1.29 bits per heavy atom. The van der Waals surface area contributed by atoms with Crippen molar-refractivity contribution in [3.63, 3.8) is 0 Å². The maximum Gasteiger partial charge on any atom is 0.0220 e. The van der Waals surface area contributed by atoms with E-state index in [9.17, 15) is 0 Å². The lowest BCUT2D eigenvalue weighted by Gasteiger charge is -2.21. The van der Waals surface area contributed by atoms with Crippen LogP contribution in [0.15, 0.2) is 18.2 Å². The molecule has 0 aliphatic carbocycles. The van der Waals surface area contributed by atoms with E-state index in [4.69, 9.17) is 0 Å². The van der Waals surface area contributed by atoms with Gasteiger partial charge < -0.3 is 5.32 Å². The van der Waals surface area contributed by atoms with Crippen LogP contribution < -0.4 is 5.32 Å². The van der Waals surface area contributed by atoms with Gasteiger partial charge in [0.05, 0.1) is 0 Å². The molecule has 1 N–H and O–H groups in total. The Kier molecular flexibility index (Phi) is 3.95. The molecule has 78 valence electrons. The van der Waals surface area contributed by atoms with Gasteiger partial charge in [-0.05, 0) is 61.4 Å². The van der Waals surface area contributed by atoms with Crippen molar-refractivity contribution in [2.24, 2.45) is 0 Å². The van der Waals surface area contributed by atoms with Gasteiger partial charge in [-0.15, -0.1) is 0 Å². The number of hydrogen-bond donors (Lipinski definition) is 1. The molecular formula is C12H18IN. The van der Waals surface area contributed by atoms with Gasteiger partial charge in [-0.3, -0.25) is 0 Å². The average molecular weight is 303 g/mol. The quantitative estimate of drug-likeness (QED) is 0.825. The minimum absolute atomic E-state index is 0.187. The predicted molar refractivity (Wildman–Crippen MR) is 70.5 cm³/mol. The predicted octanol–water partition coefficient (Wildman–Crippen LogP) is 3.49. The first kappa shape index (κ1) is 12.0. The highest BCUT2D eigenvalue weighted by Gasteiger charge is 2.09. The Morgan fingerprint density at radius 2 is 1.93 bits per heavy atom. The van der Waals surface area contributed by atoms with Crippen LogP contribution in [0.3, 0.4) is 0 Å². The monoisotopic (exact) mass is 303 g/mol. The van der Waals surface area contributed by atoms with Crippen molar-refractivity contribution < 1.29 is 0 Å². The first-order valence-electron chi connectivity index (χ1n) is 4.89. The molecule has 0 aliphatic rings. The zero-order valence-electron chi connectivity index (χ0n) is 9.32. The molecule has 1 rings (SSSR count). The molecule has 0 aromatic heterocycles. The van der Waals surface area contributed by atoms with Crippen LogP contribution >= 0.6 is 22.6 Å². The molecule has 0 saturated carbocycles. The fourth-order valence-electron chi connectivity index (χ4n) is 1.21. The molecule has 0 atom stereocenters. The van der Waals surface area contributed by atoms with Gasteiger partial charge in [0, 0.05) is 15.7 Å². The second-order valence-corrected chi connectivity index (χ2v) is 5.73. The Bertz CT molecular complexity index is 313. The summed E-state index contributed by atoms with van der Waals surface area (Å²) in [6, 6.07) is 6.47. The highest BCUT2D eigenvalue weighted by molar-refractivity contribution is 14.1. The lowest BCUT2D eigenvalue weighted by molar-refractivity contribution is 0.424. The van der Waals surface area contributed by atoms with Crippen molar-refractivity contribution in [2.45, 2.75) is 39.8 Å². The van der Waals surface area contributed by atoms with Crippen LogP contribution in [0.25, 0.3) is 0 Å². The molecule has 0 aliphatic heterocycles. The average Bonchev–Trinajstić information content (AvgIpc) is 2.06. The van der Waals surface area contributed by atoms with Gasteiger partial charge >= 0.3 is 0 Å². The highest BCUT2D eigenvalue weighted by atomic mass is 127.